The molecular weight excluding hydrogens is 292 g/mol. The molecular formula is C22H32N2. The highest BCUT2D eigenvalue weighted by atomic mass is 15.0. The minimum absolute atomic E-state index is 0. The van der Waals surface area contributed by atoms with Gasteiger partial charge in [-0.25, -0.2) is 4.98 Å². The van der Waals surface area contributed by atoms with Crippen molar-refractivity contribution >= 4 is 0 Å². The van der Waals surface area contributed by atoms with Crippen molar-refractivity contribution in [3.8, 4) is 11.1 Å². The van der Waals surface area contributed by atoms with Crippen molar-refractivity contribution in [1.82, 2.24) is 9.55 Å². The van der Waals surface area contributed by atoms with Crippen LogP contribution in [0.25, 0.3) is 11.1 Å². The Morgan fingerprint density at radius 2 is 1.58 bits per heavy atom. The van der Waals surface area contributed by atoms with Crippen molar-refractivity contribution in [2.45, 2.75) is 48.6 Å². The number of hydrogen-bond acceptors (Lipinski definition) is 1. The number of imidazole rings is 1. The Labute approximate surface area is 149 Å². The molecule has 0 saturated heterocycles. The number of hydrogen-bond donors (Lipinski definition) is 0. The minimum Gasteiger partial charge on any atom is -0.331 e. The lowest BCUT2D eigenvalue weighted by atomic mass is 10.0. The summed E-state index contributed by atoms with van der Waals surface area (Å²) in [5, 5.41) is 0. The fraction of sp³-hybridized carbons (Fsp3) is 0.318. The largest absolute Gasteiger partial charge is 0.331 e. The predicted octanol–water partition coefficient (Wildman–Crippen LogP) is 6.60. The van der Waals surface area contributed by atoms with Crippen LogP contribution in [-0.2, 0) is 6.54 Å². The molecule has 3 aromatic rings. The van der Waals surface area contributed by atoms with Gasteiger partial charge in [0.05, 0.1) is 1.37 Å². The molecule has 0 aliphatic heterocycles. The third-order valence-electron chi connectivity index (χ3n) is 3.25. The first-order valence-corrected chi connectivity index (χ1v) is 8.37. The van der Waals surface area contributed by atoms with Crippen LogP contribution in [0.4, 0.5) is 0 Å². The fourth-order valence-corrected chi connectivity index (χ4v) is 2.13. The van der Waals surface area contributed by atoms with Crippen LogP contribution in [0.5, 0.6) is 0 Å². The lowest BCUT2D eigenvalue weighted by molar-refractivity contribution is 0.762. The Balaban J connectivity index is 0.00000108. The molecule has 0 aliphatic rings. The zero-order chi connectivity index (χ0) is 17.9. The number of aromatic nitrogens is 2. The molecule has 0 N–H and O–H groups in total. The van der Waals surface area contributed by atoms with Gasteiger partial charge in [0.1, 0.15) is 5.82 Å². The third-order valence-corrected chi connectivity index (χ3v) is 3.25. The zero-order valence-electron chi connectivity index (χ0n) is 15.9. The van der Waals surface area contributed by atoms with Crippen LogP contribution < -0.4 is 0 Å². The van der Waals surface area contributed by atoms with Crippen molar-refractivity contribution in [2.75, 3.05) is 0 Å². The van der Waals surface area contributed by atoms with E-state index in [9.17, 15) is 0 Å². The van der Waals surface area contributed by atoms with Gasteiger partial charge >= 0.3 is 0 Å². The van der Waals surface area contributed by atoms with Crippen LogP contribution >= 0.6 is 0 Å². The predicted molar refractivity (Wildman–Crippen MR) is 107 cm³/mol. The van der Waals surface area contributed by atoms with Crippen LogP contribution in [0.1, 0.15) is 47.9 Å². The van der Waals surface area contributed by atoms with Gasteiger partial charge in [-0.05, 0) is 23.6 Å². The maximum Gasteiger partial charge on any atom is 0.105 e. The van der Waals surface area contributed by atoms with E-state index in [2.05, 4.69) is 33.8 Å². The topological polar surface area (TPSA) is 17.8 Å². The van der Waals surface area contributed by atoms with Gasteiger partial charge in [-0.2, -0.15) is 0 Å². The smallest absolute Gasteiger partial charge is 0.105 e. The number of nitrogens with zero attached hydrogens (tertiary/aromatic N) is 2. The molecule has 0 amide bonds. The van der Waals surface area contributed by atoms with E-state index in [-0.39, 0.29) is 7.43 Å². The molecule has 0 bridgehead atoms. The molecule has 2 nitrogen and oxygen atoms in total. The second-order valence-electron chi connectivity index (χ2n) is 4.58. The lowest BCUT2D eigenvalue weighted by Gasteiger charge is -2.07. The van der Waals surface area contributed by atoms with Gasteiger partial charge in [-0.3, -0.25) is 0 Å². The van der Waals surface area contributed by atoms with Crippen LogP contribution in [-0.4, -0.2) is 9.55 Å². The van der Waals surface area contributed by atoms with Gasteiger partial charge in [0.2, 0.25) is 0 Å². The van der Waals surface area contributed by atoms with Crippen molar-refractivity contribution in [3.63, 3.8) is 0 Å². The van der Waals surface area contributed by atoms with E-state index >= 15 is 0 Å². The molecule has 1 heterocycles. The van der Waals surface area contributed by atoms with E-state index in [1.54, 1.807) is 0 Å². The summed E-state index contributed by atoms with van der Waals surface area (Å²) in [5.41, 5.74) is 3.29. The second kappa shape index (κ2) is 12.1. The van der Waals surface area contributed by atoms with Crippen molar-refractivity contribution in [2.24, 2.45) is 0 Å². The third kappa shape index (κ3) is 6.04. The Morgan fingerprint density at radius 3 is 2.12 bits per heavy atom. The quantitative estimate of drug-likeness (QED) is 0.530. The van der Waals surface area contributed by atoms with E-state index < -0.39 is 0 Å². The molecule has 130 valence electrons. The Bertz CT molecular complexity index is 715. The Kier molecular flexibility index (Phi) is 9.95. The van der Waals surface area contributed by atoms with Crippen LogP contribution in [0.15, 0.2) is 67.0 Å². The molecule has 0 saturated carbocycles. The van der Waals surface area contributed by atoms with E-state index in [1.165, 1.54) is 5.56 Å². The SMILES string of the molecule is C.CC.CC.[2H]c1ccccc1-c1ccc(Cn2ccnc2C)cc1. The average Bonchev–Trinajstić information content (AvgIpc) is 3.05. The number of rotatable bonds is 3. The molecule has 2 aromatic carbocycles. The molecule has 24 heavy (non-hydrogen) atoms. The maximum atomic E-state index is 7.94. The highest BCUT2D eigenvalue weighted by molar-refractivity contribution is 5.63. The highest BCUT2D eigenvalue weighted by Gasteiger charge is 2.00. The van der Waals surface area contributed by atoms with E-state index in [1.807, 2.05) is 71.3 Å². The van der Waals surface area contributed by atoms with Gasteiger partial charge in [-0.1, -0.05) is 89.7 Å². The van der Waals surface area contributed by atoms with Crippen molar-refractivity contribution < 1.29 is 1.37 Å². The molecule has 0 aliphatic carbocycles. The van der Waals surface area contributed by atoms with Gasteiger partial charge in [0, 0.05) is 18.9 Å². The first kappa shape index (κ1) is 19.7. The van der Waals surface area contributed by atoms with Crippen LogP contribution in [0.2, 0.25) is 0 Å². The summed E-state index contributed by atoms with van der Waals surface area (Å²) in [5.74, 6) is 1.02. The van der Waals surface area contributed by atoms with Crippen LogP contribution in [0, 0.1) is 6.92 Å². The summed E-state index contributed by atoms with van der Waals surface area (Å²) in [6.45, 7) is 10.8. The number of aryl methyl sites for hydroxylation is 1. The summed E-state index contributed by atoms with van der Waals surface area (Å²) >= 11 is 0. The molecule has 0 atom stereocenters. The normalized spacial score (nSPS) is 9.46. The Morgan fingerprint density at radius 1 is 0.917 bits per heavy atom. The maximum absolute atomic E-state index is 7.94. The zero-order valence-corrected chi connectivity index (χ0v) is 14.9. The molecule has 0 fully saturated rings. The van der Waals surface area contributed by atoms with Crippen LogP contribution in [0.3, 0.4) is 0 Å². The van der Waals surface area contributed by atoms with Crippen molar-refractivity contribution in [1.29, 1.82) is 0 Å². The monoisotopic (exact) mass is 325 g/mol. The molecule has 1 aromatic heterocycles. The van der Waals surface area contributed by atoms with Gasteiger partial charge in [0.15, 0.2) is 0 Å². The minimum atomic E-state index is 0. The van der Waals surface area contributed by atoms with E-state index in [0.717, 1.165) is 23.5 Å². The summed E-state index contributed by atoms with van der Waals surface area (Å²) < 4.78 is 10.1. The molecule has 2 heteroatoms. The molecule has 3 rings (SSSR count). The van der Waals surface area contributed by atoms with E-state index in [0.29, 0.717) is 6.04 Å². The molecule has 0 radical (unpaired) electrons. The van der Waals surface area contributed by atoms with Crippen molar-refractivity contribution in [3.05, 3.63) is 78.4 Å². The van der Waals surface area contributed by atoms with Gasteiger partial charge in [0.25, 0.3) is 0 Å². The van der Waals surface area contributed by atoms with E-state index in [4.69, 9.17) is 1.37 Å². The highest BCUT2D eigenvalue weighted by Crippen LogP contribution is 2.19. The first-order chi connectivity index (χ1) is 11.7. The molecule has 0 unspecified atom stereocenters. The second-order valence-corrected chi connectivity index (χ2v) is 4.58. The fourth-order valence-electron chi connectivity index (χ4n) is 2.13. The average molecular weight is 326 g/mol. The summed E-state index contributed by atoms with van der Waals surface area (Å²) in [7, 11) is 0. The number of benzene rings is 2. The van der Waals surface area contributed by atoms with Gasteiger partial charge in [-0.15, -0.1) is 0 Å². The first-order valence-electron chi connectivity index (χ1n) is 8.87. The summed E-state index contributed by atoms with van der Waals surface area (Å²) in [4.78, 5) is 4.23. The summed E-state index contributed by atoms with van der Waals surface area (Å²) in [6, 6.07) is 16.6. The standard InChI is InChI=1S/C17H16N2.2C2H6.CH4/c1-14-18-11-12-19(14)13-15-7-9-17(10-8-15)16-5-3-2-4-6-16;2*1-2;/h2-12H,13H2,1H3;2*1-2H3;1H4/i5D;;;. The van der Waals surface area contributed by atoms with Gasteiger partial charge < -0.3 is 4.57 Å². The lowest BCUT2D eigenvalue weighted by Crippen LogP contribution is -2.00. The molecule has 0 spiro atoms. The Hall–Kier alpha value is -2.35. The summed E-state index contributed by atoms with van der Waals surface area (Å²) in [6.07, 6.45) is 3.81.